The van der Waals surface area contributed by atoms with Gasteiger partial charge in [0, 0.05) is 3.57 Å². The number of esters is 1. The quantitative estimate of drug-likeness (QED) is 0.186. The maximum atomic E-state index is 13.9. The van der Waals surface area contributed by atoms with Crippen molar-refractivity contribution in [2.45, 2.75) is 26.5 Å². The summed E-state index contributed by atoms with van der Waals surface area (Å²) in [5.74, 6) is 1.52. The van der Waals surface area contributed by atoms with Crippen molar-refractivity contribution < 1.29 is 23.7 Å². The van der Waals surface area contributed by atoms with Gasteiger partial charge in [0.05, 0.1) is 32.0 Å². The monoisotopic (exact) mass is 806 g/mol. The molecule has 3 heterocycles. The van der Waals surface area contributed by atoms with Crippen molar-refractivity contribution in [2.24, 2.45) is 4.99 Å². The van der Waals surface area contributed by atoms with Crippen molar-refractivity contribution in [2.75, 3.05) is 13.4 Å². The van der Waals surface area contributed by atoms with Gasteiger partial charge in [0.2, 0.25) is 6.79 Å². The smallest absolute Gasteiger partial charge is 0.338 e. The van der Waals surface area contributed by atoms with Gasteiger partial charge in [0.1, 0.15) is 12.4 Å². The van der Waals surface area contributed by atoms with E-state index >= 15 is 0 Å². The topological polar surface area (TPSA) is 88.4 Å². The molecule has 0 fully saturated rings. The Morgan fingerprint density at radius 3 is 2.64 bits per heavy atom. The van der Waals surface area contributed by atoms with Gasteiger partial charge >= 0.3 is 5.97 Å². The molecule has 0 saturated heterocycles. The number of carbonyl (C=O) groups is 1. The Kier molecular flexibility index (Phi) is 8.41. The van der Waals surface area contributed by atoms with Crippen LogP contribution in [0.3, 0.4) is 0 Å². The molecule has 0 N–H and O–H groups in total. The molecule has 2 aliphatic heterocycles. The largest absolute Gasteiger partial charge is 0.488 e. The van der Waals surface area contributed by atoms with Crippen LogP contribution >= 0.6 is 56.5 Å². The molecule has 0 amide bonds. The molecule has 0 spiro atoms. The van der Waals surface area contributed by atoms with Crippen molar-refractivity contribution in [3.63, 3.8) is 0 Å². The predicted molar refractivity (Wildman–Crippen MR) is 176 cm³/mol. The van der Waals surface area contributed by atoms with E-state index in [0.29, 0.717) is 44.3 Å². The second kappa shape index (κ2) is 12.2. The third-order valence-electron chi connectivity index (χ3n) is 6.80. The summed E-state index contributed by atoms with van der Waals surface area (Å²) in [4.78, 5) is 32.2. The highest BCUT2D eigenvalue weighted by Crippen LogP contribution is 2.38. The van der Waals surface area contributed by atoms with Crippen LogP contribution in [0.2, 0.25) is 0 Å². The lowest BCUT2D eigenvalue weighted by Crippen LogP contribution is -2.39. The Bertz CT molecular complexity index is 1910. The van der Waals surface area contributed by atoms with Crippen LogP contribution in [0, 0.1) is 7.14 Å². The zero-order valence-corrected chi connectivity index (χ0v) is 27.7. The molecule has 1 atom stereocenters. The highest BCUT2D eigenvalue weighted by molar-refractivity contribution is 14.1. The number of aromatic nitrogens is 1. The Morgan fingerprint density at radius 1 is 1.10 bits per heavy atom. The lowest BCUT2D eigenvalue weighted by atomic mass is 9.95. The maximum absolute atomic E-state index is 13.9. The average Bonchev–Trinajstić information content (AvgIpc) is 3.56. The minimum atomic E-state index is -0.722. The van der Waals surface area contributed by atoms with Gasteiger partial charge in [-0.3, -0.25) is 9.36 Å². The van der Waals surface area contributed by atoms with Crippen LogP contribution in [-0.4, -0.2) is 23.9 Å². The highest BCUT2D eigenvalue weighted by Gasteiger charge is 2.34. The summed E-state index contributed by atoms with van der Waals surface area (Å²) in [7, 11) is 0. The number of allylic oxidation sites excluding steroid dienone is 1. The molecule has 0 aliphatic carbocycles. The van der Waals surface area contributed by atoms with Gasteiger partial charge in [-0.25, -0.2) is 9.79 Å². The van der Waals surface area contributed by atoms with Crippen LogP contribution in [0.4, 0.5) is 0 Å². The first-order chi connectivity index (χ1) is 20.3. The van der Waals surface area contributed by atoms with Crippen molar-refractivity contribution in [3.8, 4) is 17.2 Å². The lowest BCUT2D eigenvalue weighted by molar-refractivity contribution is -0.139. The number of hydrogen-bond donors (Lipinski definition) is 0. The number of thiazole rings is 1. The maximum Gasteiger partial charge on any atom is 0.338 e. The van der Waals surface area contributed by atoms with Crippen LogP contribution in [0.5, 0.6) is 17.2 Å². The van der Waals surface area contributed by atoms with E-state index in [1.165, 1.54) is 11.3 Å². The fourth-order valence-electron chi connectivity index (χ4n) is 4.80. The van der Waals surface area contributed by atoms with E-state index in [0.717, 1.165) is 24.0 Å². The number of fused-ring (bicyclic) bond motifs is 2. The molecular formula is C31H24I2N2O6S. The second-order valence-electron chi connectivity index (χ2n) is 9.52. The Hall–Kier alpha value is -3.17. The average molecular weight is 806 g/mol. The minimum Gasteiger partial charge on any atom is -0.488 e. The van der Waals surface area contributed by atoms with Crippen molar-refractivity contribution in [3.05, 3.63) is 115 Å². The molecule has 4 aromatic rings. The Labute approximate surface area is 272 Å². The number of ether oxygens (including phenoxy) is 4. The van der Waals surface area contributed by atoms with E-state index in [4.69, 9.17) is 18.9 Å². The highest BCUT2D eigenvalue weighted by atomic mass is 127. The van der Waals surface area contributed by atoms with Gasteiger partial charge in [-0.05, 0) is 112 Å². The number of rotatable bonds is 7. The minimum absolute atomic E-state index is 0.122. The second-order valence-corrected chi connectivity index (χ2v) is 12.9. The molecule has 0 radical (unpaired) electrons. The van der Waals surface area contributed by atoms with Gasteiger partial charge in [-0.1, -0.05) is 41.7 Å². The summed E-state index contributed by atoms with van der Waals surface area (Å²) in [6.45, 7) is 4.28. The number of carbonyl (C=O) groups excluding carboxylic acids is 1. The molecule has 214 valence electrons. The molecule has 8 nitrogen and oxygen atoms in total. The standard InChI is InChI=1S/C31H24I2N2O6S/c1-3-38-30(37)27-17(2)34-31-35(28(27)20-8-10-24-25(13-20)41-16-40-24)29(36)26(42-31)12-18-4-6-19(7-5-18)15-39-23-11-9-21(32)14-22(23)33/h4-14,28H,3,15-16H2,1-2H3/b26-12-/t28-/m0/s1. The zero-order valence-electron chi connectivity index (χ0n) is 22.6. The normalized spacial score (nSPS) is 15.8. The Morgan fingerprint density at radius 2 is 1.88 bits per heavy atom. The summed E-state index contributed by atoms with van der Waals surface area (Å²) in [5, 5.41) is 0. The molecule has 0 unspecified atom stereocenters. The van der Waals surface area contributed by atoms with E-state index in [9.17, 15) is 9.59 Å². The SMILES string of the molecule is CCOC(=O)C1=C(C)N=c2s/c(=C\c3ccc(COc4ccc(I)cc4I)cc3)c(=O)n2[C@H]1c1ccc2c(c1)OCO2. The first-order valence-corrected chi connectivity index (χ1v) is 16.1. The third kappa shape index (κ3) is 5.73. The molecule has 11 heteroatoms. The number of hydrogen-bond acceptors (Lipinski definition) is 8. The van der Waals surface area contributed by atoms with Crippen LogP contribution in [0.1, 0.15) is 36.6 Å². The van der Waals surface area contributed by atoms with Gasteiger partial charge < -0.3 is 18.9 Å². The van der Waals surface area contributed by atoms with Crippen LogP contribution < -0.4 is 29.1 Å². The predicted octanol–water partition coefficient (Wildman–Crippen LogP) is 5.32. The lowest BCUT2D eigenvalue weighted by Gasteiger charge is -2.24. The fourth-order valence-corrected chi connectivity index (χ4v) is 7.61. The van der Waals surface area contributed by atoms with Crippen LogP contribution in [0.25, 0.3) is 6.08 Å². The molecule has 3 aromatic carbocycles. The van der Waals surface area contributed by atoms with E-state index in [-0.39, 0.29) is 19.0 Å². The van der Waals surface area contributed by atoms with Gasteiger partial charge in [-0.15, -0.1) is 0 Å². The summed E-state index contributed by atoms with van der Waals surface area (Å²) in [6.07, 6.45) is 1.84. The van der Waals surface area contributed by atoms with E-state index in [1.807, 2.05) is 48.5 Å². The molecular weight excluding hydrogens is 782 g/mol. The first-order valence-electron chi connectivity index (χ1n) is 13.1. The summed E-state index contributed by atoms with van der Waals surface area (Å²) in [6, 6.07) is 18.7. The van der Waals surface area contributed by atoms with Crippen molar-refractivity contribution in [1.82, 2.24) is 4.57 Å². The van der Waals surface area contributed by atoms with E-state index in [1.54, 1.807) is 30.5 Å². The van der Waals surface area contributed by atoms with Gasteiger partial charge in [-0.2, -0.15) is 0 Å². The molecule has 6 rings (SSSR count). The van der Waals surface area contributed by atoms with Crippen molar-refractivity contribution >= 4 is 68.6 Å². The Balaban J connectivity index is 1.34. The first kappa shape index (κ1) is 28.9. The van der Waals surface area contributed by atoms with Crippen LogP contribution in [-0.2, 0) is 16.1 Å². The zero-order chi connectivity index (χ0) is 29.4. The molecule has 2 aliphatic rings. The third-order valence-corrected chi connectivity index (χ3v) is 9.29. The molecule has 0 saturated carbocycles. The van der Waals surface area contributed by atoms with E-state index in [2.05, 4.69) is 56.2 Å². The summed E-state index contributed by atoms with van der Waals surface area (Å²) in [5.41, 5.74) is 3.18. The molecule has 1 aromatic heterocycles. The van der Waals surface area contributed by atoms with Crippen molar-refractivity contribution in [1.29, 1.82) is 0 Å². The summed E-state index contributed by atoms with van der Waals surface area (Å²) < 4.78 is 26.7. The molecule has 42 heavy (non-hydrogen) atoms. The molecule has 0 bridgehead atoms. The van der Waals surface area contributed by atoms with Crippen LogP contribution in [0.15, 0.2) is 81.7 Å². The number of halogens is 2. The van der Waals surface area contributed by atoms with Gasteiger partial charge in [0.15, 0.2) is 16.3 Å². The van der Waals surface area contributed by atoms with E-state index < -0.39 is 12.0 Å². The van der Waals surface area contributed by atoms with Gasteiger partial charge in [0.25, 0.3) is 5.56 Å². The fraction of sp³-hybridized carbons (Fsp3) is 0.194. The number of nitrogens with zero attached hydrogens (tertiary/aromatic N) is 2. The summed E-state index contributed by atoms with van der Waals surface area (Å²) >= 11 is 5.84. The number of benzene rings is 3.